The molecule has 0 saturated carbocycles. The van der Waals surface area contributed by atoms with Crippen LogP contribution in [0.2, 0.25) is 0 Å². The maximum atomic E-state index is 11.3. The number of imidazole rings is 1. The Bertz CT molecular complexity index is 364. The molecule has 0 saturated heterocycles. The molecule has 0 aliphatic rings. The number of urea groups is 1. The number of carbonyl (C=O) groups excluding carboxylic acids is 1. The molecule has 0 radical (unpaired) electrons. The molecule has 1 unspecified atom stereocenters. The fraction of sp³-hybridized carbons (Fsp3) is 0.500. The van der Waals surface area contributed by atoms with Crippen molar-refractivity contribution >= 4 is 12.0 Å². The first-order valence-electron chi connectivity index (χ1n) is 5.30. The van der Waals surface area contributed by atoms with Gasteiger partial charge < -0.3 is 20.3 Å². The number of aliphatic carboxylic acids is 1. The Morgan fingerprint density at radius 1 is 1.53 bits per heavy atom. The highest BCUT2D eigenvalue weighted by Gasteiger charge is 2.09. The zero-order chi connectivity index (χ0) is 12.7. The molecule has 7 heteroatoms. The molecule has 0 aliphatic carbocycles. The van der Waals surface area contributed by atoms with Crippen LogP contribution in [0.3, 0.4) is 0 Å². The predicted molar refractivity (Wildman–Crippen MR) is 60.5 cm³/mol. The highest BCUT2D eigenvalue weighted by atomic mass is 16.4. The van der Waals surface area contributed by atoms with Crippen molar-refractivity contribution in [3.05, 3.63) is 18.7 Å². The number of nitrogens with zero attached hydrogens (tertiary/aromatic N) is 2. The van der Waals surface area contributed by atoms with Crippen LogP contribution in [0.15, 0.2) is 18.7 Å². The van der Waals surface area contributed by atoms with Crippen molar-refractivity contribution in [3.63, 3.8) is 0 Å². The Morgan fingerprint density at radius 2 is 2.29 bits per heavy atom. The summed E-state index contributed by atoms with van der Waals surface area (Å²) < 4.78 is 1.83. The number of hydrogen-bond acceptors (Lipinski definition) is 3. The number of aromatic nitrogens is 2. The molecule has 0 fully saturated rings. The summed E-state index contributed by atoms with van der Waals surface area (Å²) in [4.78, 5) is 25.6. The first-order valence-corrected chi connectivity index (χ1v) is 5.30. The number of carbonyl (C=O) groups is 2. The molecule has 17 heavy (non-hydrogen) atoms. The van der Waals surface area contributed by atoms with Crippen molar-refractivity contribution in [2.45, 2.75) is 25.9 Å². The second-order valence-corrected chi connectivity index (χ2v) is 3.70. The first kappa shape index (κ1) is 13.0. The van der Waals surface area contributed by atoms with E-state index in [1.54, 1.807) is 25.6 Å². The molecule has 3 N–H and O–H groups in total. The van der Waals surface area contributed by atoms with Crippen molar-refractivity contribution in [2.24, 2.45) is 0 Å². The second kappa shape index (κ2) is 6.51. The van der Waals surface area contributed by atoms with E-state index in [4.69, 9.17) is 5.11 Å². The number of carboxylic acids is 1. The Balaban J connectivity index is 2.14. The van der Waals surface area contributed by atoms with E-state index in [9.17, 15) is 9.59 Å². The van der Waals surface area contributed by atoms with Crippen LogP contribution < -0.4 is 10.6 Å². The molecule has 1 rings (SSSR count). The Hall–Kier alpha value is -2.05. The zero-order valence-corrected chi connectivity index (χ0v) is 9.59. The Morgan fingerprint density at radius 3 is 2.88 bits per heavy atom. The third-order valence-corrected chi connectivity index (χ3v) is 2.07. The summed E-state index contributed by atoms with van der Waals surface area (Å²) in [6.45, 7) is 2.73. The summed E-state index contributed by atoms with van der Waals surface area (Å²) in [5.41, 5.74) is 0. The average molecular weight is 240 g/mol. The van der Waals surface area contributed by atoms with Crippen molar-refractivity contribution in [1.82, 2.24) is 20.2 Å². The SMILES string of the molecule is CC(CC(=O)O)NC(=O)NCCn1ccnc1. The lowest BCUT2D eigenvalue weighted by Crippen LogP contribution is -2.42. The molecule has 0 aromatic carbocycles. The number of amides is 2. The van der Waals surface area contributed by atoms with E-state index in [2.05, 4.69) is 15.6 Å². The smallest absolute Gasteiger partial charge is 0.315 e. The lowest BCUT2D eigenvalue weighted by molar-refractivity contribution is -0.137. The third-order valence-electron chi connectivity index (χ3n) is 2.07. The molecular weight excluding hydrogens is 224 g/mol. The van der Waals surface area contributed by atoms with Crippen LogP contribution in [-0.4, -0.2) is 39.2 Å². The van der Waals surface area contributed by atoms with E-state index in [-0.39, 0.29) is 18.5 Å². The number of carboxylic acid groups (broad SMARTS) is 1. The van der Waals surface area contributed by atoms with Crippen LogP contribution in [0.4, 0.5) is 4.79 Å². The van der Waals surface area contributed by atoms with Gasteiger partial charge in [-0.15, -0.1) is 0 Å². The van der Waals surface area contributed by atoms with Crippen molar-refractivity contribution in [2.75, 3.05) is 6.54 Å². The Labute approximate surface area is 98.8 Å². The van der Waals surface area contributed by atoms with E-state index >= 15 is 0 Å². The molecule has 1 aromatic heterocycles. The van der Waals surface area contributed by atoms with Crippen LogP contribution >= 0.6 is 0 Å². The van der Waals surface area contributed by atoms with Crippen LogP contribution in [-0.2, 0) is 11.3 Å². The molecule has 1 heterocycles. The van der Waals surface area contributed by atoms with Gasteiger partial charge in [0.05, 0.1) is 12.7 Å². The van der Waals surface area contributed by atoms with Gasteiger partial charge >= 0.3 is 12.0 Å². The standard InChI is InChI=1S/C10H16N4O3/c1-8(6-9(15)16)13-10(17)12-3-5-14-4-2-11-7-14/h2,4,7-8H,3,5-6H2,1H3,(H,15,16)(H2,12,13,17). The minimum Gasteiger partial charge on any atom is -0.481 e. The average Bonchev–Trinajstić information content (AvgIpc) is 2.68. The topological polar surface area (TPSA) is 96.3 Å². The van der Waals surface area contributed by atoms with Gasteiger partial charge in [-0.1, -0.05) is 0 Å². The molecule has 2 amide bonds. The van der Waals surface area contributed by atoms with Gasteiger partial charge in [-0.25, -0.2) is 9.78 Å². The highest BCUT2D eigenvalue weighted by molar-refractivity contribution is 5.75. The largest absolute Gasteiger partial charge is 0.481 e. The predicted octanol–water partition coefficient (Wildman–Crippen LogP) is 0.0455. The molecule has 1 atom stereocenters. The third kappa shape index (κ3) is 5.55. The quantitative estimate of drug-likeness (QED) is 0.654. The summed E-state index contributed by atoms with van der Waals surface area (Å²) in [7, 11) is 0. The van der Waals surface area contributed by atoms with Crippen molar-refractivity contribution < 1.29 is 14.7 Å². The minimum absolute atomic E-state index is 0.0884. The minimum atomic E-state index is -0.934. The number of hydrogen-bond donors (Lipinski definition) is 3. The lowest BCUT2D eigenvalue weighted by atomic mass is 10.2. The molecule has 0 aliphatic heterocycles. The van der Waals surface area contributed by atoms with Crippen LogP contribution in [0.25, 0.3) is 0 Å². The molecule has 7 nitrogen and oxygen atoms in total. The maximum absolute atomic E-state index is 11.3. The fourth-order valence-electron chi connectivity index (χ4n) is 1.31. The summed E-state index contributed by atoms with van der Waals surface area (Å²) in [5, 5.41) is 13.7. The molecule has 94 valence electrons. The molecule has 0 bridgehead atoms. The van der Waals surface area contributed by atoms with Gasteiger partial charge in [-0.2, -0.15) is 0 Å². The number of rotatable bonds is 6. The Kier molecular flexibility index (Phi) is 4.99. The molecule has 1 aromatic rings. The summed E-state index contributed by atoms with van der Waals surface area (Å²) in [5.74, 6) is -0.934. The van der Waals surface area contributed by atoms with Gasteiger partial charge in [-0.3, -0.25) is 4.79 Å². The zero-order valence-electron chi connectivity index (χ0n) is 9.59. The summed E-state index contributed by atoms with van der Waals surface area (Å²) in [6.07, 6.45) is 5.03. The van der Waals surface area contributed by atoms with Crippen LogP contribution in [0.1, 0.15) is 13.3 Å². The first-order chi connectivity index (χ1) is 8.08. The van der Waals surface area contributed by atoms with Gasteiger partial charge in [0.2, 0.25) is 0 Å². The van der Waals surface area contributed by atoms with Gasteiger partial charge in [0.15, 0.2) is 0 Å². The van der Waals surface area contributed by atoms with Gasteiger partial charge in [0.25, 0.3) is 0 Å². The summed E-state index contributed by atoms with van der Waals surface area (Å²) >= 11 is 0. The highest BCUT2D eigenvalue weighted by Crippen LogP contribution is 1.89. The van der Waals surface area contributed by atoms with Crippen LogP contribution in [0.5, 0.6) is 0 Å². The monoisotopic (exact) mass is 240 g/mol. The fourth-order valence-corrected chi connectivity index (χ4v) is 1.31. The van der Waals surface area contributed by atoms with Gasteiger partial charge in [-0.05, 0) is 6.92 Å². The second-order valence-electron chi connectivity index (χ2n) is 3.70. The maximum Gasteiger partial charge on any atom is 0.315 e. The normalized spacial score (nSPS) is 11.8. The lowest BCUT2D eigenvalue weighted by Gasteiger charge is -2.12. The van der Waals surface area contributed by atoms with Gasteiger partial charge in [0.1, 0.15) is 0 Å². The van der Waals surface area contributed by atoms with Crippen LogP contribution in [0, 0.1) is 0 Å². The van der Waals surface area contributed by atoms with Gasteiger partial charge in [0, 0.05) is 31.5 Å². The molecular formula is C10H16N4O3. The van der Waals surface area contributed by atoms with Crippen molar-refractivity contribution in [3.8, 4) is 0 Å². The van der Waals surface area contributed by atoms with E-state index in [1.165, 1.54) is 0 Å². The number of nitrogens with one attached hydrogen (secondary N) is 2. The van der Waals surface area contributed by atoms with E-state index < -0.39 is 5.97 Å². The van der Waals surface area contributed by atoms with E-state index in [1.807, 2.05) is 4.57 Å². The van der Waals surface area contributed by atoms with E-state index in [0.29, 0.717) is 13.1 Å². The van der Waals surface area contributed by atoms with Crippen molar-refractivity contribution in [1.29, 1.82) is 0 Å². The summed E-state index contributed by atoms with van der Waals surface area (Å²) in [6, 6.07) is -0.750. The molecule has 0 spiro atoms. The van der Waals surface area contributed by atoms with E-state index in [0.717, 1.165) is 0 Å².